The molecule has 1 aliphatic rings. The van der Waals surface area contributed by atoms with E-state index in [0.29, 0.717) is 5.69 Å². The third kappa shape index (κ3) is 3.19. The number of nitrogens with zero attached hydrogens (tertiary/aromatic N) is 2. The number of nitrogens with two attached hydrogens (primary N) is 1. The first-order valence-electron chi connectivity index (χ1n) is 6.18. The number of hydrazine groups is 1. The highest BCUT2D eigenvalue weighted by Gasteiger charge is 2.19. The summed E-state index contributed by atoms with van der Waals surface area (Å²) in [4.78, 5) is 21.6. The average Bonchev–Trinajstić information content (AvgIpc) is 2.39. The lowest BCUT2D eigenvalue weighted by atomic mass is 10.1. The third-order valence-electron chi connectivity index (χ3n) is 3.11. The number of nitro benzene ring substituents is 1. The van der Waals surface area contributed by atoms with Crippen molar-refractivity contribution in [1.82, 2.24) is 5.01 Å². The summed E-state index contributed by atoms with van der Waals surface area (Å²) in [6.07, 6.45) is 3.32. The van der Waals surface area contributed by atoms with Crippen molar-refractivity contribution in [1.29, 1.82) is 0 Å². The second-order valence-corrected chi connectivity index (χ2v) is 4.51. The van der Waals surface area contributed by atoms with Crippen LogP contribution in [0.25, 0.3) is 0 Å². The fourth-order valence-electron chi connectivity index (χ4n) is 2.11. The van der Waals surface area contributed by atoms with Crippen molar-refractivity contribution in [3.63, 3.8) is 0 Å². The summed E-state index contributed by atoms with van der Waals surface area (Å²) in [5.41, 5.74) is 8.55. The van der Waals surface area contributed by atoms with Crippen LogP contribution in [0.2, 0.25) is 0 Å². The van der Waals surface area contributed by atoms with Crippen LogP contribution in [-0.2, 0) is 0 Å². The predicted molar refractivity (Wildman–Crippen MR) is 70.7 cm³/mol. The van der Waals surface area contributed by atoms with Gasteiger partial charge in [-0.3, -0.25) is 14.9 Å². The van der Waals surface area contributed by atoms with Gasteiger partial charge < -0.3 is 11.2 Å². The van der Waals surface area contributed by atoms with Crippen LogP contribution < -0.4 is 11.2 Å². The van der Waals surface area contributed by atoms with E-state index in [1.165, 1.54) is 24.6 Å². The molecule has 0 aliphatic carbocycles. The monoisotopic (exact) mass is 264 g/mol. The smallest absolute Gasteiger partial charge is 0.294 e. The van der Waals surface area contributed by atoms with Crippen LogP contribution in [0.5, 0.6) is 0 Å². The van der Waals surface area contributed by atoms with E-state index in [1.807, 2.05) is 5.01 Å². The molecule has 1 saturated heterocycles. The van der Waals surface area contributed by atoms with Crippen molar-refractivity contribution >= 4 is 17.3 Å². The number of nitro groups is 1. The highest BCUT2D eigenvalue weighted by atomic mass is 16.6. The number of hydrogen-bond acceptors (Lipinski definition) is 5. The molecule has 0 bridgehead atoms. The van der Waals surface area contributed by atoms with Gasteiger partial charge in [-0.25, -0.2) is 5.01 Å². The first-order valence-corrected chi connectivity index (χ1v) is 6.18. The minimum atomic E-state index is -0.673. The lowest BCUT2D eigenvalue weighted by Gasteiger charge is -2.27. The fraction of sp³-hybridized carbons (Fsp3) is 0.417. The van der Waals surface area contributed by atoms with Crippen molar-refractivity contribution < 1.29 is 9.72 Å². The fourth-order valence-corrected chi connectivity index (χ4v) is 2.11. The molecule has 0 aromatic heterocycles. The number of amides is 1. The maximum Gasteiger partial charge on any atom is 0.294 e. The van der Waals surface area contributed by atoms with E-state index in [4.69, 9.17) is 5.73 Å². The highest BCUT2D eigenvalue weighted by Crippen LogP contribution is 2.26. The summed E-state index contributed by atoms with van der Waals surface area (Å²) < 4.78 is 0. The van der Waals surface area contributed by atoms with Gasteiger partial charge in [0, 0.05) is 24.7 Å². The summed E-state index contributed by atoms with van der Waals surface area (Å²) in [5, 5.41) is 13.0. The molecule has 7 nitrogen and oxygen atoms in total. The normalized spacial score (nSPS) is 16.0. The summed E-state index contributed by atoms with van der Waals surface area (Å²) in [5.74, 6) is -0.673. The molecule has 0 radical (unpaired) electrons. The third-order valence-corrected chi connectivity index (χ3v) is 3.11. The van der Waals surface area contributed by atoms with E-state index in [-0.39, 0.29) is 11.3 Å². The van der Waals surface area contributed by atoms with Gasteiger partial charge in [0.05, 0.1) is 4.92 Å². The van der Waals surface area contributed by atoms with Gasteiger partial charge >= 0.3 is 0 Å². The Morgan fingerprint density at radius 3 is 2.58 bits per heavy atom. The van der Waals surface area contributed by atoms with Gasteiger partial charge in [-0.2, -0.15) is 0 Å². The number of primary amides is 1. The number of piperidine rings is 1. The van der Waals surface area contributed by atoms with Crippen LogP contribution in [0.15, 0.2) is 18.2 Å². The first-order chi connectivity index (χ1) is 9.08. The molecule has 3 N–H and O–H groups in total. The van der Waals surface area contributed by atoms with Gasteiger partial charge in [0.15, 0.2) is 0 Å². The van der Waals surface area contributed by atoms with Crippen molar-refractivity contribution in [2.45, 2.75) is 19.3 Å². The number of nitrogens with one attached hydrogen (secondary N) is 1. The molecule has 1 aromatic carbocycles. The predicted octanol–water partition coefficient (Wildman–Crippen LogP) is 1.51. The molecule has 7 heteroatoms. The molecule has 1 heterocycles. The van der Waals surface area contributed by atoms with E-state index in [0.717, 1.165) is 25.9 Å². The molecule has 0 unspecified atom stereocenters. The summed E-state index contributed by atoms with van der Waals surface area (Å²) >= 11 is 0. The Bertz CT molecular complexity index is 498. The lowest BCUT2D eigenvalue weighted by Crippen LogP contribution is -2.35. The molecular weight excluding hydrogens is 248 g/mol. The van der Waals surface area contributed by atoms with E-state index in [1.54, 1.807) is 0 Å². The van der Waals surface area contributed by atoms with E-state index in [2.05, 4.69) is 5.43 Å². The first kappa shape index (κ1) is 13.3. The lowest BCUT2D eigenvalue weighted by molar-refractivity contribution is -0.384. The number of carbonyl (C=O) groups excluding carboxylic acids is 1. The minimum Gasteiger partial charge on any atom is -0.366 e. The van der Waals surface area contributed by atoms with E-state index in [9.17, 15) is 14.9 Å². The van der Waals surface area contributed by atoms with Crippen LogP contribution >= 0.6 is 0 Å². The zero-order valence-corrected chi connectivity index (χ0v) is 10.5. The SMILES string of the molecule is NC(=O)c1ccc(NN2CCCCC2)c([N+](=O)[O-])c1. The second-order valence-electron chi connectivity index (χ2n) is 4.51. The molecule has 0 spiro atoms. The van der Waals surface area contributed by atoms with Gasteiger partial charge in [-0.15, -0.1) is 0 Å². The van der Waals surface area contributed by atoms with Crippen LogP contribution in [0.3, 0.4) is 0 Å². The zero-order chi connectivity index (χ0) is 13.8. The summed E-state index contributed by atoms with van der Waals surface area (Å²) in [6.45, 7) is 1.71. The number of hydrogen-bond donors (Lipinski definition) is 2. The Kier molecular flexibility index (Phi) is 3.96. The van der Waals surface area contributed by atoms with Crippen molar-refractivity contribution in [3.05, 3.63) is 33.9 Å². The van der Waals surface area contributed by atoms with E-state index >= 15 is 0 Å². The van der Waals surface area contributed by atoms with Gasteiger partial charge in [0.25, 0.3) is 5.69 Å². The number of carbonyl (C=O) groups is 1. The Labute approximate surface area is 110 Å². The molecule has 102 valence electrons. The van der Waals surface area contributed by atoms with Crippen LogP contribution in [-0.4, -0.2) is 28.9 Å². The van der Waals surface area contributed by atoms with E-state index < -0.39 is 10.8 Å². The largest absolute Gasteiger partial charge is 0.366 e. The Morgan fingerprint density at radius 2 is 2.00 bits per heavy atom. The zero-order valence-electron chi connectivity index (χ0n) is 10.5. The Balaban J connectivity index is 2.23. The molecule has 0 atom stereocenters. The minimum absolute atomic E-state index is 0.135. The van der Waals surface area contributed by atoms with Crippen LogP contribution in [0, 0.1) is 10.1 Å². The average molecular weight is 264 g/mol. The molecule has 1 aromatic rings. The molecular formula is C12H16N4O3. The highest BCUT2D eigenvalue weighted by molar-refractivity contribution is 5.94. The topological polar surface area (TPSA) is 102 Å². The van der Waals surface area contributed by atoms with Gasteiger partial charge in [0.1, 0.15) is 5.69 Å². The standard InChI is InChI=1S/C12H16N4O3/c13-12(17)9-4-5-10(11(8-9)16(18)19)14-15-6-2-1-3-7-15/h4-5,8,14H,1-3,6-7H2,(H2,13,17). The maximum atomic E-state index is 11.0. The van der Waals surface area contributed by atoms with Gasteiger partial charge in [-0.1, -0.05) is 6.42 Å². The number of anilines is 1. The van der Waals surface area contributed by atoms with Crippen molar-refractivity contribution in [2.75, 3.05) is 18.5 Å². The van der Waals surface area contributed by atoms with Crippen LogP contribution in [0.1, 0.15) is 29.6 Å². The number of benzene rings is 1. The van der Waals surface area contributed by atoms with Crippen molar-refractivity contribution in [3.8, 4) is 0 Å². The van der Waals surface area contributed by atoms with Crippen LogP contribution in [0.4, 0.5) is 11.4 Å². The summed E-state index contributed by atoms with van der Waals surface area (Å²) in [7, 11) is 0. The Morgan fingerprint density at radius 1 is 1.32 bits per heavy atom. The van der Waals surface area contributed by atoms with Gasteiger partial charge in [-0.05, 0) is 25.0 Å². The Hall–Kier alpha value is -2.15. The molecule has 1 aliphatic heterocycles. The second kappa shape index (κ2) is 5.66. The molecule has 0 saturated carbocycles. The summed E-state index contributed by atoms with van der Waals surface area (Å²) in [6, 6.07) is 4.21. The molecule has 19 heavy (non-hydrogen) atoms. The van der Waals surface area contributed by atoms with Crippen molar-refractivity contribution in [2.24, 2.45) is 5.73 Å². The molecule has 1 amide bonds. The molecule has 2 rings (SSSR count). The quantitative estimate of drug-likeness (QED) is 0.634. The number of rotatable bonds is 4. The molecule has 1 fully saturated rings. The van der Waals surface area contributed by atoms with Gasteiger partial charge in [0.2, 0.25) is 5.91 Å². The maximum absolute atomic E-state index is 11.0.